The van der Waals surface area contributed by atoms with Gasteiger partial charge in [-0.05, 0) is 16.7 Å². The first-order valence-corrected chi connectivity index (χ1v) is 8.67. The Hall–Kier alpha value is -2.16. The Balaban J connectivity index is 1.91. The van der Waals surface area contributed by atoms with Crippen molar-refractivity contribution in [3.8, 4) is 0 Å². The summed E-state index contributed by atoms with van der Waals surface area (Å²) in [5, 5.41) is 0. The van der Waals surface area contributed by atoms with Crippen molar-refractivity contribution >= 4 is 10.5 Å². The lowest BCUT2D eigenvalue weighted by Crippen LogP contribution is -2.39. The Bertz CT molecular complexity index is 624. The SMILES string of the molecule is [Si]OC(Cc1ccccc1)(Cc1ccccc1)Cc1ccccc1. The first-order valence-electron chi connectivity index (χ1n) is 8.26. The van der Waals surface area contributed by atoms with Crippen molar-refractivity contribution in [2.75, 3.05) is 0 Å². The minimum Gasteiger partial charge on any atom is -0.412 e. The Labute approximate surface area is 147 Å². The molecule has 0 aliphatic carbocycles. The summed E-state index contributed by atoms with van der Waals surface area (Å²) in [5.74, 6) is 0. The molecule has 3 aromatic carbocycles. The van der Waals surface area contributed by atoms with Crippen molar-refractivity contribution in [3.05, 3.63) is 108 Å². The summed E-state index contributed by atoms with van der Waals surface area (Å²) in [6.07, 6.45) is 2.55. The molecule has 3 aromatic rings. The highest BCUT2D eigenvalue weighted by atomic mass is 28.2. The molecule has 0 N–H and O–H groups in total. The number of rotatable bonds is 7. The van der Waals surface area contributed by atoms with Crippen LogP contribution in [0, 0.1) is 0 Å². The van der Waals surface area contributed by atoms with Gasteiger partial charge >= 0.3 is 0 Å². The number of hydrogen-bond donors (Lipinski definition) is 0. The van der Waals surface area contributed by atoms with Gasteiger partial charge in [-0.25, -0.2) is 0 Å². The van der Waals surface area contributed by atoms with Crippen LogP contribution >= 0.6 is 0 Å². The van der Waals surface area contributed by atoms with Crippen LogP contribution in [0.2, 0.25) is 0 Å². The van der Waals surface area contributed by atoms with Crippen LogP contribution in [-0.4, -0.2) is 16.1 Å². The van der Waals surface area contributed by atoms with Gasteiger partial charge in [0.05, 0.1) is 5.60 Å². The monoisotopic (exact) mass is 329 g/mol. The highest BCUT2D eigenvalue weighted by molar-refractivity contribution is 5.98. The Morgan fingerprint density at radius 3 is 1.08 bits per heavy atom. The molecule has 1 nitrogen and oxygen atoms in total. The van der Waals surface area contributed by atoms with Gasteiger partial charge in [-0.3, -0.25) is 0 Å². The molecule has 0 aliphatic rings. The molecule has 0 saturated carbocycles. The Kier molecular flexibility index (Phi) is 5.62. The Morgan fingerprint density at radius 1 is 0.542 bits per heavy atom. The molecule has 2 heteroatoms. The standard InChI is InChI=1S/C22H21OSi/c24-23-22(16-19-10-4-1-5-11-19,17-20-12-6-2-7-13-20)18-21-14-8-3-9-15-21/h1-15H,16-18H2. The molecule has 3 radical (unpaired) electrons. The molecule has 0 bridgehead atoms. The number of hydrogen-bond acceptors (Lipinski definition) is 1. The van der Waals surface area contributed by atoms with E-state index in [1.165, 1.54) is 16.7 Å². The largest absolute Gasteiger partial charge is 0.412 e. The van der Waals surface area contributed by atoms with Crippen molar-refractivity contribution in [2.24, 2.45) is 0 Å². The summed E-state index contributed by atoms with van der Waals surface area (Å²) >= 11 is 0. The van der Waals surface area contributed by atoms with E-state index in [1.54, 1.807) is 0 Å². The second-order valence-corrected chi connectivity index (χ2v) is 6.48. The lowest BCUT2D eigenvalue weighted by molar-refractivity contribution is 0.0806. The van der Waals surface area contributed by atoms with Crippen LogP contribution < -0.4 is 0 Å². The lowest BCUT2D eigenvalue weighted by atomic mass is 9.83. The van der Waals surface area contributed by atoms with E-state index in [0.717, 1.165) is 19.3 Å². The average molecular weight is 329 g/mol. The predicted molar refractivity (Wildman–Crippen MR) is 100 cm³/mol. The molecule has 0 aromatic heterocycles. The Morgan fingerprint density at radius 2 is 0.833 bits per heavy atom. The maximum Gasteiger partial charge on any atom is 0.247 e. The summed E-state index contributed by atoms with van der Waals surface area (Å²) in [7, 11) is 3.40. The topological polar surface area (TPSA) is 9.23 Å². The van der Waals surface area contributed by atoms with Crippen LogP contribution in [0.25, 0.3) is 0 Å². The van der Waals surface area contributed by atoms with Gasteiger partial charge in [0.2, 0.25) is 10.5 Å². The van der Waals surface area contributed by atoms with Gasteiger partial charge in [-0.2, -0.15) is 0 Å². The number of benzene rings is 3. The molecule has 0 unspecified atom stereocenters. The second-order valence-electron chi connectivity index (χ2n) is 6.27. The van der Waals surface area contributed by atoms with E-state index in [4.69, 9.17) is 4.43 Å². The molecule has 0 atom stereocenters. The van der Waals surface area contributed by atoms with Gasteiger partial charge in [-0.15, -0.1) is 0 Å². The zero-order valence-electron chi connectivity index (χ0n) is 13.7. The first-order chi connectivity index (χ1) is 11.8. The smallest absolute Gasteiger partial charge is 0.247 e. The van der Waals surface area contributed by atoms with Gasteiger partial charge < -0.3 is 4.43 Å². The minimum absolute atomic E-state index is 0.332. The summed E-state index contributed by atoms with van der Waals surface area (Å²) in [5.41, 5.74) is 3.51. The third-order valence-electron chi connectivity index (χ3n) is 4.32. The third-order valence-corrected chi connectivity index (χ3v) is 4.76. The van der Waals surface area contributed by atoms with Crippen molar-refractivity contribution < 1.29 is 4.43 Å². The maximum absolute atomic E-state index is 5.96. The molecule has 0 amide bonds. The zero-order valence-corrected chi connectivity index (χ0v) is 14.7. The molecule has 0 saturated heterocycles. The van der Waals surface area contributed by atoms with Crippen LogP contribution in [-0.2, 0) is 23.7 Å². The van der Waals surface area contributed by atoms with E-state index >= 15 is 0 Å². The lowest BCUT2D eigenvalue weighted by Gasteiger charge is -2.34. The van der Waals surface area contributed by atoms with Crippen molar-refractivity contribution in [2.45, 2.75) is 24.9 Å². The normalized spacial score (nSPS) is 11.4. The first kappa shape index (κ1) is 16.7. The molecule has 24 heavy (non-hydrogen) atoms. The molecule has 3 rings (SSSR count). The molecule has 0 fully saturated rings. The van der Waals surface area contributed by atoms with Crippen LogP contribution in [0.5, 0.6) is 0 Å². The molecule has 119 valence electrons. The van der Waals surface area contributed by atoms with Gasteiger partial charge in [0.25, 0.3) is 0 Å². The van der Waals surface area contributed by atoms with Crippen molar-refractivity contribution in [3.63, 3.8) is 0 Å². The fourth-order valence-electron chi connectivity index (χ4n) is 3.20. The fraction of sp³-hybridized carbons (Fsp3) is 0.182. The van der Waals surface area contributed by atoms with Gasteiger partial charge in [0.15, 0.2) is 0 Å². The van der Waals surface area contributed by atoms with E-state index in [2.05, 4.69) is 83.3 Å². The van der Waals surface area contributed by atoms with Crippen LogP contribution in [0.1, 0.15) is 16.7 Å². The maximum atomic E-state index is 5.96. The zero-order chi connectivity index (χ0) is 16.7. The van der Waals surface area contributed by atoms with Crippen molar-refractivity contribution in [1.29, 1.82) is 0 Å². The summed E-state index contributed by atoms with van der Waals surface area (Å²) in [4.78, 5) is 0. The molecular formula is C22H21OSi. The van der Waals surface area contributed by atoms with E-state index < -0.39 is 0 Å². The third kappa shape index (κ3) is 4.44. The molecule has 0 heterocycles. The predicted octanol–water partition coefficient (Wildman–Crippen LogP) is 4.55. The van der Waals surface area contributed by atoms with Crippen LogP contribution in [0.3, 0.4) is 0 Å². The second kappa shape index (κ2) is 8.09. The molecule has 0 aliphatic heterocycles. The van der Waals surface area contributed by atoms with Crippen molar-refractivity contribution in [1.82, 2.24) is 0 Å². The summed E-state index contributed by atoms with van der Waals surface area (Å²) in [6.45, 7) is 0. The quantitative estimate of drug-likeness (QED) is 0.578. The highest BCUT2D eigenvalue weighted by Crippen LogP contribution is 2.27. The molecule has 0 spiro atoms. The van der Waals surface area contributed by atoms with E-state index in [0.29, 0.717) is 0 Å². The van der Waals surface area contributed by atoms with Gasteiger partial charge in [-0.1, -0.05) is 91.0 Å². The summed E-state index contributed by atoms with van der Waals surface area (Å²) in [6, 6.07) is 31.6. The van der Waals surface area contributed by atoms with E-state index in [1.807, 2.05) is 18.2 Å². The average Bonchev–Trinajstić information content (AvgIpc) is 2.64. The van der Waals surface area contributed by atoms with Gasteiger partial charge in [0.1, 0.15) is 0 Å². The van der Waals surface area contributed by atoms with E-state index in [-0.39, 0.29) is 5.60 Å². The summed E-state index contributed by atoms with van der Waals surface area (Å²) < 4.78 is 5.96. The van der Waals surface area contributed by atoms with Crippen LogP contribution in [0.15, 0.2) is 91.0 Å². The van der Waals surface area contributed by atoms with E-state index in [9.17, 15) is 0 Å². The minimum atomic E-state index is -0.332. The highest BCUT2D eigenvalue weighted by Gasteiger charge is 2.30. The van der Waals surface area contributed by atoms with Crippen LogP contribution in [0.4, 0.5) is 0 Å². The fourth-order valence-corrected chi connectivity index (χ4v) is 3.42. The van der Waals surface area contributed by atoms with Gasteiger partial charge in [0, 0.05) is 19.3 Å². The molecular weight excluding hydrogens is 308 g/mol.